The van der Waals surface area contributed by atoms with Crippen molar-refractivity contribution in [2.75, 3.05) is 0 Å². The largest absolute Gasteiger partial charge is 0.380 e. The van der Waals surface area contributed by atoms with E-state index in [1.165, 1.54) is 34.4 Å². The number of benzene rings is 3. The number of nitrogens with one attached hydrogen (secondary N) is 1. The van der Waals surface area contributed by atoms with Crippen molar-refractivity contribution >= 4 is 16.2 Å². The summed E-state index contributed by atoms with van der Waals surface area (Å²) in [5.41, 5.74) is 5.79. The van der Waals surface area contributed by atoms with Crippen molar-refractivity contribution in [1.82, 2.24) is 5.32 Å². The lowest BCUT2D eigenvalue weighted by atomic mass is 10.1. The van der Waals surface area contributed by atoms with Crippen LogP contribution in [0, 0.1) is 0 Å². The molecule has 2 N–H and O–H groups in total. The second-order valence-electron chi connectivity index (χ2n) is 6.15. The van der Waals surface area contributed by atoms with E-state index in [1.54, 1.807) is 12.1 Å². The van der Waals surface area contributed by atoms with Crippen LogP contribution in [0.1, 0.15) is 22.7 Å². The van der Waals surface area contributed by atoms with Crippen LogP contribution in [0.2, 0.25) is 0 Å². The first kappa shape index (κ1) is 16.6. The molecule has 4 nitrogen and oxygen atoms in total. The fourth-order valence-corrected chi connectivity index (χ4v) is 3.81. The molecule has 1 aliphatic rings. The Bertz CT molecular complexity index is 1040. The normalized spacial score (nSPS) is 13.6. The van der Waals surface area contributed by atoms with Gasteiger partial charge in [0.25, 0.3) is 10.1 Å². The highest BCUT2D eigenvalue weighted by molar-refractivity contribution is 7.85. The maximum Gasteiger partial charge on any atom is 0.294 e. The van der Waals surface area contributed by atoms with E-state index >= 15 is 0 Å². The zero-order chi connectivity index (χ0) is 18.1. The van der Waals surface area contributed by atoms with Gasteiger partial charge in [-0.05, 0) is 52.2 Å². The highest BCUT2D eigenvalue weighted by Crippen LogP contribution is 2.42. The minimum absolute atomic E-state index is 0.0794. The predicted octanol–water partition coefficient (Wildman–Crippen LogP) is 4.26. The van der Waals surface area contributed by atoms with Gasteiger partial charge >= 0.3 is 0 Å². The van der Waals surface area contributed by atoms with Crippen molar-refractivity contribution < 1.29 is 13.0 Å². The SMILES string of the molecule is O=S(=O)(O)c1ccc(C=CNC2c3ccccc3-c3ccccc32)cc1. The van der Waals surface area contributed by atoms with Gasteiger partial charge in [-0.15, -0.1) is 0 Å². The Morgan fingerprint density at radius 2 is 1.35 bits per heavy atom. The summed E-state index contributed by atoms with van der Waals surface area (Å²) in [6.07, 6.45) is 3.74. The van der Waals surface area contributed by atoms with Crippen LogP contribution >= 0.6 is 0 Å². The van der Waals surface area contributed by atoms with Crippen molar-refractivity contribution in [3.8, 4) is 11.1 Å². The van der Waals surface area contributed by atoms with Gasteiger partial charge in [0.1, 0.15) is 0 Å². The zero-order valence-corrected chi connectivity index (χ0v) is 14.6. The topological polar surface area (TPSA) is 66.4 Å². The number of hydrogen-bond acceptors (Lipinski definition) is 3. The molecule has 3 aromatic carbocycles. The lowest BCUT2D eigenvalue weighted by molar-refractivity contribution is 0.483. The molecular formula is C21H17NO3S. The molecule has 0 saturated heterocycles. The van der Waals surface area contributed by atoms with Crippen LogP contribution in [-0.4, -0.2) is 13.0 Å². The average molecular weight is 363 g/mol. The number of hydrogen-bond donors (Lipinski definition) is 2. The second kappa shape index (κ2) is 6.44. The van der Waals surface area contributed by atoms with Gasteiger partial charge in [-0.2, -0.15) is 8.42 Å². The lowest BCUT2D eigenvalue weighted by Gasteiger charge is -2.13. The third kappa shape index (κ3) is 3.03. The van der Waals surface area contributed by atoms with Gasteiger partial charge in [0, 0.05) is 0 Å². The molecule has 0 spiro atoms. The smallest absolute Gasteiger partial charge is 0.294 e. The molecule has 0 saturated carbocycles. The molecular weight excluding hydrogens is 346 g/mol. The Morgan fingerprint density at radius 1 is 0.808 bits per heavy atom. The second-order valence-corrected chi connectivity index (χ2v) is 7.57. The highest BCUT2D eigenvalue weighted by Gasteiger charge is 2.26. The first-order valence-electron chi connectivity index (χ1n) is 8.22. The fourth-order valence-electron chi connectivity index (χ4n) is 3.33. The molecule has 4 rings (SSSR count). The highest BCUT2D eigenvalue weighted by atomic mass is 32.2. The summed E-state index contributed by atoms with van der Waals surface area (Å²) in [7, 11) is -4.16. The first-order valence-corrected chi connectivity index (χ1v) is 9.66. The molecule has 0 atom stereocenters. The molecule has 0 aliphatic heterocycles. The minimum atomic E-state index is -4.16. The standard InChI is InChI=1S/C21H17NO3S/c23-26(24,25)16-11-9-15(10-12-16)13-14-22-21-19-7-3-1-5-17(19)18-6-2-4-8-20(18)21/h1-14,21-22H,(H,23,24,25). The fraction of sp³-hybridized carbons (Fsp3) is 0.0476. The van der Waals surface area contributed by atoms with Crippen LogP contribution in [0.25, 0.3) is 17.2 Å². The first-order chi connectivity index (χ1) is 12.5. The van der Waals surface area contributed by atoms with Gasteiger partial charge in [0.2, 0.25) is 0 Å². The summed E-state index contributed by atoms with van der Waals surface area (Å²) in [5, 5.41) is 3.44. The molecule has 0 amide bonds. The van der Waals surface area contributed by atoms with Gasteiger partial charge in [-0.1, -0.05) is 60.7 Å². The van der Waals surface area contributed by atoms with Gasteiger partial charge in [-0.25, -0.2) is 0 Å². The summed E-state index contributed by atoms with van der Waals surface area (Å²) in [4.78, 5) is -0.110. The van der Waals surface area contributed by atoms with E-state index in [0.717, 1.165) is 5.56 Å². The van der Waals surface area contributed by atoms with Crippen LogP contribution in [0.3, 0.4) is 0 Å². The van der Waals surface area contributed by atoms with Crippen molar-refractivity contribution in [3.05, 3.63) is 95.7 Å². The van der Waals surface area contributed by atoms with E-state index in [9.17, 15) is 8.42 Å². The van der Waals surface area contributed by atoms with Gasteiger partial charge < -0.3 is 5.32 Å². The summed E-state index contributed by atoms with van der Waals surface area (Å²) in [6.45, 7) is 0. The predicted molar refractivity (Wildman–Crippen MR) is 102 cm³/mol. The third-order valence-electron chi connectivity index (χ3n) is 4.55. The molecule has 1 aliphatic carbocycles. The molecule has 0 heterocycles. The monoisotopic (exact) mass is 363 g/mol. The van der Waals surface area contributed by atoms with Crippen LogP contribution in [-0.2, 0) is 10.1 Å². The van der Waals surface area contributed by atoms with E-state index in [0.29, 0.717) is 0 Å². The van der Waals surface area contributed by atoms with E-state index < -0.39 is 10.1 Å². The van der Waals surface area contributed by atoms with Gasteiger partial charge in [0.05, 0.1) is 10.9 Å². The maximum absolute atomic E-state index is 11.1. The van der Waals surface area contributed by atoms with Crippen molar-refractivity contribution in [1.29, 1.82) is 0 Å². The Kier molecular flexibility index (Phi) is 4.11. The number of fused-ring (bicyclic) bond motifs is 3. The molecule has 0 fully saturated rings. The van der Waals surface area contributed by atoms with Gasteiger partial charge in [-0.3, -0.25) is 4.55 Å². The van der Waals surface area contributed by atoms with E-state index in [1.807, 2.05) is 36.5 Å². The molecule has 0 unspecified atom stereocenters. The minimum Gasteiger partial charge on any atom is -0.380 e. The summed E-state index contributed by atoms with van der Waals surface area (Å²) in [6, 6.07) is 22.8. The van der Waals surface area contributed by atoms with Crippen molar-refractivity contribution in [2.24, 2.45) is 0 Å². The summed E-state index contributed by atoms with van der Waals surface area (Å²) in [5.74, 6) is 0. The van der Waals surface area contributed by atoms with Crippen LogP contribution in [0.4, 0.5) is 0 Å². The third-order valence-corrected chi connectivity index (χ3v) is 5.42. The van der Waals surface area contributed by atoms with Crippen molar-refractivity contribution in [2.45, 2.75) is 10.9 Å². The lowest BCUT2D eigenvalue weighted by Crippen LogP contribution is -2.13. The Balaban J connectivity index is 1.57. The van der Waals surface area contributed by atoms with E-state index in [4.69, 9.17) is 4.55 Å². The van der Waals surface area contributed by atoms with E-state index in [2.05, 4.69) is 29.6 Å². The molecule has 0 aromatic heterocycles. The Hall–Kier alpha value is -2.89. The molecule has 0 bridgehead atoms. The Morgan fingerprint density at radius 3 is 1.88 bits per heavy atom. The zero-order valence-electron chi connectivity index (χ0n) is 13.8. The number of rotatable bonds is 4. The summed E-state index contributed by atoms with van der Waals surface area (Å²) >= 11 is 0. The maximum atomic E-state index is 11.1. The molecule has 3 aromatic rings. The van der Waals surface area contributed by atoms with Crippen LogP contribution in [0.15, 0.2) is 83.9 Å². The summed E-state index contributed by atoms with van der Waals surface area (Å²) < 4.78 is 31.2. The Labute approximate surface area is 152 Å². The van der Waals surface area contributed by atoms with Crippen molar-refractivity contribution in [3.63, 3.8) is 0 Å². The van der Waals surface area contributed by atoms with Crippen LogP contribution < -0.4 is 5.32 Å². The quantitative estimate of drug-likeness (QED) is 0.680. The molecule has 0 radical (unpaired) electrons. The molecule has 5 heteroatoms. The van der Waals surface area contributed by atoms with Crippen LogP contribution in [0.5, 0.6) is 0 Å². The van der Waals surface area contributed by atoms with E-state index in [-0.39, 0.29) is 10.9 Å². The average Bonchev–Trinajstić information content (AvgIpc) is 2.96. The molecule has 130 valence electrons. The van der Waals surface area contributed by atoms with Gasteiger partial charge in [0.15, 0.2) is 0 Å². The molecule has 26 heavy (non-hydrogen) atoms.